The average molecular weight is 193 g/mol. The molecule has 0 radical (unpaired) electrons. The smallest absolute Gasteiger partial charge is 0.177 e. The molecule has 0 aromatic carbocycles. The summed E-state index contributed by atoms with van der Waals surface area (Å²) in [5, 5.41) is 36.1. The van der Waals surface area contributed by atoms with Crippen LogP contribution in [0.3, 0.4) is 0 Å². The molecule has 78 valence electrons. The highest BCUT2D eigenvalue weighted by molar-refractivity contribution is 5.85. The van der Waals surface area contributed by atoms with Crippen LogP contribution < -0.4 is 5.73 Å². The molecule has 4 atom stereocenters. The number of aliphatic hydroxyl groups is 4. The molecule has 0 spiro atoms. The van der Waals surface area contributed by atoms with Crippen molar-refractivity contribution in [2.45, 2.75) is 31.3 Å². The van der Waals surface area contributed by atoms with Crippen molar-refractivity contribution in [2.24, 2.45) is 5.73 Å². The standard InChI is InChI=1S/C7H15NO5/c1-3(9)5(11)7(13)6(12)4(10)2-8/h3,5-7,9,11-13H,2,8H2,1H3/t3-,5+,6+,7+/m0/s1. The maximum Gasteiger partial charge on any atom is 0.177 e. The molecule has 0 bridgehead atoms. The van der Waals surface area contributed by atoms with E-state index in [4.69, 9.17) is 26.2 Å². The number of carbonyl (C=O) groups is 1. The van der Waals surface area contributed by atoms with Gasteiger partial charge in [0.05, 0.1) is 12.6 Å². The van der Waals surface area contributed by atoms with Crippen LogP contribution in [0.5, 0.6) is 0 Å². The first-order chi connectivity index (χ1) is 5.91. The maximum atomic E-state index is 10.8. The zero-order chi connectivity index (χ0) is 10.6. The fourth-order valence-corrected chi connectivity index (χ4v) is 0.783. The summed E-state index contributed by atoms with van der Waals surface area (Å²) in [4.78, 5) is 10.8. The van der Waals surface area contributed by atoms with Crippen LogP contribution in [0.1, 0.15) is 6.92 Å². The van der Waals surface area contributed by atoms with E-state index in [1.54, 1.807) is 0 Å². The average Bonchev–Trinajstić information content (AvgIpc) is 2.12. The summed E-state index contributed by atoms with van der Waals surface area (Å²) in [5.41, 5.74) is 4.92. The van der Waals surface area contributed by atoms with Gasteiger partial charge in [0.2, 0.25) is 0 Å². The van der Waals surface area contributed by atoms with E-state index in [0.717, 1.165) is 0 Å². The van der Waals surface area contributed by atoms with E-state index in [0.29, 0.717) is 0 Å². The van der Waals surface area contributed by atoms with E-state index >= 15 is 0 Å². The van der Waals surface area contributed by atoms with Gasteiger partial charge in [-0.1, -0.05) is 0 Å². The van der Waals surface area contributed by atoms with Crippen LogP contribution in [-0.2, 0) is 4.79 Å². The molecule has 0 rings (SSSR count). The summed E-state index contributed by atoms with van der Waals surface area (Å²) in [6.07, 6.45) is -6.26. The number of aliphatic hydroxyl groups excluding tert-OH is 4. The van der Waals surface area contributed by atoms with E-state index in [1.807, 2.05) is 0 Å². The third-order valence-electron chi connectivity index (χ3n) is 1.70. The van der Waals surface area contributed by atoms with Gasteiger partial charge in [-0.05, 0) is 6.92 Å². The molecule has 6 nitrogen and oxygen atoms in total. The Morgan fingerprint density at radius 2 is 1.69 bits per heavy atom. The fourth-order valence-electron chi connectivity index (χ4n) is 0.783. The number of carbonyl (C=O) groups excluding carboxylic acids is 1. The Balaban J connectivity index is 4.24. The first kappa shape index (κ1) is 12.5. The van der Waals surface area contributed by atoms with Crippen LogP contribution in [0.15, 0.2) is 0 Å². The van der Waals surface area contributed by atoms with Crippen LogP contribution in [0.4, 0.5) is 0 Å². The molecule has 13 heavy (non-hydrogen) atoms. The van der Waals surface area contributed by atoms with Gasteiger partial charge in [-0.3, -0.25) is 4.79 Å². The molecule has 0 aliphatic rings. The molecule has 0 aromatic heterocycles. The van der Waals surface area contributed by atoms with Gasteiger partial charge in [0.25, 0.3) is 0 Å². The summed E-state index contributed by atoms with van der Waals surface area (Å²) in [7, 11) is 0. The van der Waals surface area contributed by atoms with Crippen molar-refractivity contribution in [3.8, 4) is 0 Å². The second-order valence-corrected chi connectivity index (χ2v) is 2.84. The van der Waals surface area contributed by atoms with E-state index in [1.165, 1.54) is 6.92 Å². The van der Waals surface area contributed by atoms with Gasteiger partial charge in [0.1, 0.15) is 18.3 Å². The van der Waals surface area contributed by atoms with Gasteiger partial charge >= 0.3 is 0 Å². The third-order valence-corrected chi connectivity index (χ3v) is 1.70. The topological polar surface area (TPSA) is 124 Å². The molecule has 0 amide bonds. The Morgan fingerprint density at radius 1 is 1.23 bits per heavy atom. The Bertz CT molecular complexity index is 172. The van der Waals surface area contributed by atoms with Crippen LogP contribution in [0.2, 0.25) is 0 Å². The first-order valence-electron chi connectivity index (χ1n) is 3.86. The van der Waals surface area contributed by atoms with Gasteiger partial charge in [-0.2, -0.15) is 0 Å². The lowest BCUT2D eigenvalue weighted by Crippen LogP contribution is -2.48. The highest BCUT2D eigenvalue weighted by atomic mass is 16.4. The van der Waals surface area contributed by atoms with Crippen molar-refractivity contribution in [2.75, 3.05) is 6.54 Å². The highest BCUT2D eigenvalue weighted by Crippen LogP contribution is 2.05. The quantitative estimate of drug-likeness (QED) is 0.316. The molecule has 0 aliphatic heterocycles. The molecular formula is C7H15NO5. The van der Waals surface area contributed by atoms with Crippen LogP contribution in [0.25, 0.3) is 0 Å². The zero-order valence-electron chi connectivity index (χ0n) is 7.29. The maximum absolute atomic E-state index is 10.8. The Morgan fingerprint density at radius 3 is 2.00 bits per heavy atom. The molecule has 0 heterocycles. The highest BCUT2D eigenvalue weighted by Gasteiger charge is 2.31. The van der Waals surface area contributed by atoms with Crippen LogP contribution >= 0.6 is 0 Å². The van der Waals surface area contributed by atoms with Crippen LogP contribution in [0, 0.1) is 0 Å². The van der Waals surface area contributed by atoms with E-state index in [2.05, 4.69) is 0 Å². The predicted octanol–water partition coefficient (Wildman–Crippen LogP) is -3.02. The number of ketones is 1. The summed E-state index contributed by atoms with van der Waals surface area (Å²) < 4.78 is 0. The monoisotopic (exact) mass is 193 g/mol. The largest absolute Gasteiger partial charge is 0.391 e. The number of Topliss-reactive ketones (excluding diaryl/α,β-unsaturated/α-hetero) is 1. The molecule has 0 fully saturated rings. The normalized spacial score (nSPS) is 20.5. The van der Waals surface area contributed by atoms with Crippen molar-refractivity contribution >= 4 is 5.78 Å². The van der Waals surface area contributed by atoms with Crippen molar-refractivity contribution in [1.82, 2.24) is 0 Å². The second-order valence-electron chi connectivity index (χ2n) is 2.84. The minimum absolute atomic E-state index is 0.426. The van der Waals surface area contributed by atoms with Crippen molar-refractivity contribution in [3.05, 3.63) is 0 Å². The minimum Gasteiger partial charge on any atom is -0.391 e. The van der Waals surface area contributed by atoms with Crippen molar-refractivity contribution in [1.29, 1.82) is 0 Å². The molecule has 0 saturated carbocycles. The first-order valence-corrected chi connectivity index (χ1v) is 3.86. The third kappa shape index (κ3) is 3.37. The molecular weight excluding hydrogens is 178 g/mol. The molecule has 0 aromatic rings. The van der Waals surface area contributed by atoms with Gasteiger partial charge in [-0.15, -0.1) is 0 Å². The molecule has 0 saturated heterocycles. The zero-order valence-corrected chi connectivity index (χ0v) is 7.29. The Hall–Kier alpha value is -0.530. The molecule has 0 unspecified atom stereocenters. The van der Waals surface area contributed by atoms with Gasteiger partial charge in [0.15, 0.2) is 5.78 Å². The lowest BCUT2D eigenvalue weighted by molar-refractivity contribution is -0.142. The molecule has 6 heteroatoms. The fraction of sp³-hybridized carbons (Fsp3) is 0.857. The molecule has 0 aliphatic carbocycles. The Kier molecular flexibility index (Phi) is 5.04. The van der Waals surface area contributed by atoms with Crippen molar-refractivity contribution in [3.63, 3.8) is 0 Å². The van der Waals surface area contributed by atoms with E-state index in [-0.39, 0.29) is 0 Å². The summed E-state index contributed by atoms with van der Waals surface area (Å²) in [6, 6.07) is 0. The predicted molar refractivity (Wildman–Crippen MR) is 43.8 cm³/mol. The summed E-state index contributed by atoms with van der Waals surface area (Å²) in [6.45, 7) is 0.804. The Labute approximate surface area is 75.6 Å². The lowest BCUT2D eigenvalue weighted by atomic mass is 10.0. The van der Waals surface area contributed by atoms with Gasteiger partial charge in [0, 0.05) is 0 Å². The number of hydrogen-bond acceptors (Lipinski definition) is 6. The summed E-state index contributed by atoms with van der Waals surface area (Å²) in [5.74, 6) is -0.785. The number of nitrogens with two attached hydrogens (primary N) is 1. The minimum atomic E-state index is -1.76. The SMILES string of the molecule is C[C@H](O)[C@@H](O)[C@@H](O)[C@H](O)C(=O)CN. The van der Waals surface area contributed by atoms with E-state index < -0.39 is 36.7 Å². The van der Waals surface area contributed by atoms with Gasteiger partial charge < -0.3 is 26.2 Å². The second kappa shape index (κ2) is 5.25. The summed E-state index contributed by atoms with van der Waals surface area (Å²) >= 11 is 0. The molecule has 6 N–H and O–H groups in total. The number of hydrogen-bond donors (Lipinski definition) is 5. The lowest BCUT2D eigenvalue weighted by Gasteiger charge is -2.23. The van der Waals surface area contributed by atoms with Gasteiger partial charge in [-0.25, -0.2) is 0 Å². The van der Waals surface area contributed by atoms with Crippen LogP contribution in [-0.4, -0.2) is 57.2 Å². The van der Waals surface area contributed by atoms with Crippen molar-refractivity contribution < 1.29 is 25.2 Å². The number of rotatable bonds is 5. The van der Waals surface area contributed by atoms with E-state index in [9.17, 15) is 4.79 Å².